The van der Waals surface area contributed by atoms with Gasteiger partial charge in [-0.05, 0) is 112 Å². The summed E-state index contributed by atoms with van der Waals surface area (Å²) in [4.78, 5) is 2.38. The molecule has 0 amide bonds. The van der Waals surface area contributed by atoms with Crippen molar-refractivity contribution >= 4 is 60.8 Å². The molecular formula is C60H40N2O. The molecule has 2 aromatic heterocycles. The molecule has 3 heteroatoms. The molecular weight excluding hydrogens is 765 g/mol. The van der Waals surface area contributed by atoms with E-state index in [9.17, 15) is 0 Å². The van der Waals surface area contributed by atoms with Crippen LogP contribution in [0.15, 0.2) is 247 Å². The van der Waals surface area contributed by atoms with Crippen LogP contribution in [0.4, 0.5) is 17.1 Å². The fourth-order valence-corrected chi connectivity index (χ4v) is 9.43. The summed E-state index contributed by atoms with van der Waals surface area (Å²) in [5.41, 5.74) is 17.8. The first-order valence-corrected chi connectivity index (χ1v) is 21.5. The topological polar surface area (TPSA) is 21.3 Å². The number of nitrogens with zero attached hydrogens (tertiary/aromatic N) is 2. The van der Waals surface area contributed by atoms with Crippen LogP contribution in [0.25, 0.3) is 93.9 Å². The van der Waals surface area contributed by atoms with Crippen molar-refractivity contribution in [2.45, 2.75) is 0 Å². The second-order valence-electron chi connectivity index (χ2n) is 16.1. The minimum Gasteiger partial charge on any atom is -0.456 e. The fourth-order valence-electron chi connectivity index (χ4n) is 9.43. The van der Waals surface area contributed by atoms with E-state index in [0.29, 0.717) is 0 Å². The van der Waals surface area contributed by atoms with Crippen molar-refractivity contribution in [1.82, 2.24) is 4.57 Å². The summed E-state index contributed by atoms with van der Waals surface area (Å²) in [5, 5.41) is 4.62. The second kappa shape index (κ2) is 15.3. The van der Waals surface area contributed by atoms with Gasteiger partial charge < -0.3 is 13.9 Å². The molecule has 0 aliphatic rings. The van der Waals surface area contributed by atoms with Crippen molar-refractivity contribution in [2.24, 2.45) is 0 Å². The largest absolute Gasteiger partial charge is 0.456 e. The zero-order chi connectivity index (χ0) is 41.7. The van der Waals surface area contributed by atoms with Gasteiger partial charge in [-0.3, -0.25) is 0 Å². The van der Waals surface area contributed by atoms with Gasteiger partial charge >= 0.3 is 0 Å². The number of hydrogen-bond donors (Lipinski definition) is 0. The summed E-state index contributed by atoms with van der Waals surface area (Å²) in [6.45, 7) is 0. The predicted molar refractivity (Wildman–Crippen MR) is 264 cm³/mol. The summed E-state index contributed by atoms with van der Waals surface area (Å²) in [6, 6.07) is 87.2. The van der Waals surface area contributed by atoms with Gasteiger partial charge in [0.25, 0.3) is 0 Å². The standard InChI is InChI=1S/C60H40N2O/c1-4-16-41(17-5-1)44-30-34-48(35-31-44)61(57-27-15-29-59-60(57)51-25-11-13-28-58(51)63-59)49-23-14-22-47(38-49)50-24-10-12-26-54(50)62-55-36-32-45(42-18-6-2-7-19-42)39-52(55)53-40-46(33-37-56(53)62)43-20-8-3-9-21-43/h1-40H. The van der Waals surface area contributed by atoms with E-state index in [4.69, 9.17) is 4.42 Å². The van der Waals surface area contributed by atoms with Crippen LogP contribution in [-0.2, 0) is 0 Å². The van der Waals surface area contributed by atoms with Gasteiger partial charge in [-0.2, -0.15) is 0 Å². The maximum absolute atomic E-state index is 6.45. The number of furan rings is 1. The van der Waals surface area contributed by atoms with Crippen LogP contribution in [0.2, 0.25) is 0 Å². The monoisotopic (exact) mass is 804 g/mol. The van der Waals surface area contributed by atoms with Crippen molar-refractivity contribution in [1.29, 1.82) is 0 Å². The van der Waals surface area contributed by atoms with Gasteiger partial charge in [-0.1, -0.05) is 170 Å². The Labute approximate surface area is 366 Å². The van der Waals surface area contributed by atoms with E-state index in [1.807, 2.05) is 6.07 Å². The number of anilines is 3. The molecule has 0 bridgehead atoms. The van der Waals surface area contributed by atoms with E-state index < -0.39 is 0 Å². The number of benzene rings is 10. The van der Waals surface area contributed by atoms with E-state index in [1.165, 1.54) is 44.2 Å². The Hall–Kier alpha value is -8.40. The average Bonchev–Trinajstić information content (AvgIpc) is 3.91. The SMILES string of the molecule is c1ccc(-c2ccc(N(c3cccc(-c4ccccc4-n4c5ccc(-c6ccccc6)cc5c5cc(-c6ccccc6)ccc54)c3)c3cccc4oc5ccccc5c34)cc2)cc1. The average molecular weight is 805 g/mol. The maximum atomic E-state index is 6.45. The third kappa shape index (κ3) is 6.38. The Morgan fingerprint density at radius 3 is 1.49 bits per heavy atom. The van der Waals surface area contributed by atoms with Gasteiger partial charge in [-0.25, -0.2) is 0 Å². The Bertz CT molecular complexity index is 3510. The summed E-state index contributed by atoms with van der Waals surface area (Å²) in [6.07, 6.45) is 0. The molecule has 12 rings (SSSR count). The molecule has 3 nitrogen and oxygen atoms in total. The zero-order valence-corrected chi connectivity index (χ0v) is 34.4. The quantitative estimate of drug-likeness (QED) is 0.153. The lowest BCUT2D eigenvalue weighted by Crippen LogP contribution is -2.10. The van der Waals surface area contributed by atoms with E-state index in [0.717, 1.165) is 66.8 Å². The molecule has 0 spiro atoms. The Morgan fingerprint density at radius 2 is 0.825 bits per heavy atom. The van der Waals surface area contributed by atoms with E-state index >= 15 is 0 Å². The zero-order valence-electron chi connectivity index (χ0n) is 34.4. The van der Waals surface area contributed by atoms with Crippen molar-refractivity contribution < 1.29 is 4.42 Å². The first-order valence-electron chi connectivity index (χ1n) is 21.5. The molecule has 0 aliphatic heterocycles. The van der Waals surface area contributed by atoms with Crippen molar-refractivity contribution in [3.8, 4) is 50.2 Å². The summed E-state index contributed by atoms with van der Waals surface area (Å²) in [5.74, 6) is 0. The van der Waals surface area contributed by atoms with Gasteiger partial charge in [0, 0.05) is 33.1 Å². The number of fused-ring (bicyclic) bond motifs is 6. The Balaban J connectivity index is 1.05. The van der Waals surface area contributed by atoms with Crippen LogP contribution in [0.5, 0.6) is 0 Å². The minimum atomic E-state index is 0.860. The number of rotatable bonds is 8. The normalized spacial score (nSPS) is 11.5. The van der Waals surface area contributed by atoms with Gasteiger partial charge in [-0.15, -0.1) is 0 Å². The molecule has 0 N–H and O–H groups in total. The Kier molecular flexibility index (Phi) is 8.83. The lowest BCUT2D eigenvalue weighted by atomic mass is 10.0. The third-order valence-electron chi connectivity index (χ3n) is 12.4. The molecule has 10 aromatic carbocycles. The van der Waals surface area contributed by atoms with Gasteiger partial charge in [0.1, 0.15) is 11.2 Å². The number of para-hydroxylation sites is 2. The molecule has 0 atom stereocenters. The van der Waals surface area contributed by atoms with E-state index in [1.54, 1.807) is 0 Å². The number of hydrogen-bond acceptors (Lipinski definition) is 2. The lowest BCUT2D eigenvalue weighted by Gasteiger charge is -2.27. The van der Waals surface area contributed by atoms with Crippen LogP contribution in [0, 0.1) is 0 Å². The molecule has 0 radical (unpaired) electrons. The van der Waals surface area contributed by atoms with Crippen molar-refractivity contribution in [3.63, 3.8) is 0 Å². The molecule has 12 aromatic rings. The highest BCUT2D eigenvalue weighted by molar-refractivity contribution is 6.14. The van der Waals surface area contributed by atoms with Gasteiger partial charge in [0.05, 0.1) is 27.8 Å². The highest BCUT2D eigenvalue weighted by atomic mass is 16.3. The van der Waals surface area contributed by atoms with Crippen LogP contribution in [0.1, 0.15) is 0 Å². The summed E-state index contributed by atoms with van der Waals surface area (Å²) >= 11 is 0. The fraction of sp³-hybridized carbons (Fsp3) is 0. The highest BCUT2D eigenvalue weighted by Crippen LogP contribution is 2.45. The van der Waals surface area contributed by atoms with E-state index in [-0.39, 0.29) is 0 Å². The summed E-state index contributed by atoms with van der Waals surface area (Å²) in [7, 11) is 0. The van der Waals surface area contributed by atoms with Crippen LogP contribution in [0.3, 0.4) is 0 Å². The van der Waals surface area contributed by atoms with Gasteiger partial charge in [0.15, 0.2) is 0 Å². The van der Waals surface area contributed by atoms with Crippen LogP contribution < -0.4 is 4.90 Å². The first kappa shape index (κ1) is 36.5. The summed E-state index contributed by atoms with van der Waals surface area (Å²) < 4.78 is 8.90. The smallest absolute Gasteiger partial charge is 0.137 e. The molecule has 2 heterocycles. The highest BCUT2D eigenvalue weighted by Gasteiger charge is 2.22. The molecule has 0 unspecified atom stereocenters. The third-order valence-corrected chi connectivity index (χ3v) is 12.4. The lowest BCUT2D eigenvalue weighted by molar-refractivity contribution is 0.669. The van der Waals surface area contributed by atoms with Crippen molar-refractivity contribution in [2.75, 3.05) is 4.90 Å². The Morgan fingerprint density at radius 1 is 0.317 bits per heavy atom. The first-order chi connectivity index (χ1) is 31.2. The number of aromatic nitrogens is 1. The van der Waals surface area contributed by atoms with E-state index in [2.05, 4.69) is 246 Å². The van der Waals surface area contributed by atoms with Crippen molar-refractivity contribution in [3.05, 3.63) is 243 Å². The predicted octanol–water partition coefficient (Wildman–Crippen LogP) is 16.8. The van der Waals surface area contributed by atoms with Gasteiger partial charge in [0.2, 0.25) is 0 Å². The minimum absolute atomic E-state index is 0.860. The molecule has 0 aliphatic carbocycles. The molecule has 0 saturated carbocycles. The van der Waals surface area contributed by atoms with Crippen LogP contribution >= 0.6 is 0 Å². The molecule has 0 saturated heterocycles. The molecule has 0 fully saturated rings. The molecule has 296 valence electrons. The second-order valence-corrected chi connectivity index (χ2v) is 16.1. The maximum Gasteiger partial charge on any atom is 0.137 e. The van der Waals surface area contributed by atoms with Crippen LogP contribution in [-0.4, -0.2) is 4.57 Å². The molecule has 63 heavy (non-hydrogen) atoms.